The van der Waals surface area contributed by atoms with Crippen molar-refractivity contribution in [2.45, 2.75) is 33.4 Å². The maximum atomic E-state index is 10.7. The number of hydrogen-bond acceptors (Lipinski definition) is 5. The van der Waals surface area contributed by atoms with Crippen LogP contribution in [0.2, 0.25) is 0 Å². The summed E-state index contributed by atoms with van der Waals surface area (Å²) >= 11 is 1.14. The number of hydrogen-bond donors (Lipinski definition) is 2. The molecule has 0 aromatic carbocycles. The summed E-state index contributed by atoms with van der Waals surface area (Å²) in [5.41, 5.74) is 1.86. The zero-order valence-electron chi connectivity index (χ0n) is 11.1. The summed E-state index contributed by atoms with van der Waals surface area (Å²) in [6.07, 6.45) is 0. The topological polar surface area (TPSA) is 75.4 Å². The molecule has 0 aliphatic carbocycles. The van der Waals surface area contributed by atoms with Gasteiger partial charge in [-0.2, -0.15) is 0 Å². The van der Waals surface area contributed by atoms with Crippen molar-refractivity contribution in [2.75, 3.05) is 0 Å². The van der Waals surface area contributed by atoms with Gasteiger partial charge in [0.1, 0.15) is 11.5 Å². The van der Waals surface area contributed by atoms with E-state index in [1.807, 2.05) is 26.8 Å². The lowest BCUT2D eigenvalue weighted by molar-refractivity contribution is 0.0696. The number of rotatable bonds is 5. The van der Waals surface area contributed by atoms with E-state index < -0.39 is 5.97 Å². The first-order chi connectivity index (χ1) is 8.97. The molecule has 5 nitrogen and oxygen atoms in total. The highest BCUT2D eigenvalue weighted by atomic mass is 32.1. The first-order valence-corrected chi connectivity index (χ1v) is 6.83. The fourth-order valence-corrected chi connectivity index (χ4v) is 2.59. The standard InChI is InChI=1S/C13H16N2O3S/c1-7-4-11(9(3)18-7)8(2)14-5-10-6-19-12(15-10)13(16)17/h4,6,8,14H,5H2,1-3H3,(H,16,17). The van der Waals surface area contributed by atoms with Gasteiger partial charge in [0.05, 0.1) is 5.69 Å². The van der Waals surface area contributed by atoms with Crippen LogP contribution in [0.4, 0.5) is 0 Å². The van der Waals surface area contributed by atoms with Crippen molar-refractivity contribution in [1.82, 2.24) is 10.3 Å². The molecule has 2 aromatic rings. The molecule has 0 aliphatic heterocycles. The molecule has 0 amide bonds. The molecule has 0 fully saturated rings. The predicted molar refractivity (Wildman–Crippen MR) is 72.5 cm³/mol. The SMILES string of the molecule is Cc1cc(C(C)NCc2csc(C(=O)O)n2)c(C)o1. The third-order valence-electron chi connectivity index (χ3n) is 2.87. The van der Waals surface area contributed by atoms with Gasteiger partial charge in [0.2, 0.25) is 5.01 Å². The monoisotopic (exact) mass is 280 g/mol. The zero-order chi connectivity index (χ0) is 14.0. The second-order valence-corrected chi connectivity index (χ2v) is 5.28. The van der Waals surface area contributed by atoms with Gasteiger partial charge >= 0.3 is 5.97 Å². The molecule has 0 aliphatic rings. The summed E-state index contributed by atoms with van der Waals surface area (Å²) in [6.45, 7) is 6.44. The summed E-state index contributed by atoms with van der Waals surface area (Å²) in [7, 11) is 0. The molecule has 1 unspecified atom stereocenters. The minimum Gasteiger partial charge on any atom is -0.476 e. The second kappa shape index (κ2) is 5.54. The van der Waals surface area contributed by atoms with E-state index in [9.17, 15) is 4.79 Å². The highest BCUT2D eigenvalue weighted by Crippen LogP contribution is 2.21. The molecule has 6 heteroatoms. The minimum absolute atomic E-state index is 0.125. The van der Waals surface area contributed by atoms with Gasteiger partial charge in [-0.25, -0.2) is 9.78 Å². The van der Waals surface area contributed by atoms with Crippen LogP contribution in [0.5, 0.6) is 0 Å². The Hall–Kier alpha value is -1.66. The van der Waals surface area contributed by atoms with Crippen LogP contribution in [0, 0.1) is 13.8 Å². The average molecular weight is 280 g/mol. The van der Waals surface area contributed by atoms with E-state index in [2.05, 4.69) is 10.3 Å². The van der Waals surface area contributed by atoms with Gasteiger partial charge in [-0.05, 0) is 26.8 Å². The molecule has 19 heavy (non-hydrogen) atoms. The lowest BCUT2D eigenvalue weighted by Gasteiger charge is -2.11. The predicted octanol–water partition coefficient (Wildman–Crippen LogP) is 2.90. The van der Waals surface area contributed by atoms with E-state index in [4.69, 9.17) is 9.52 Å². The van der Waals surface area contributed by atoms with E-state index in [0.29, 0.717) is 6.54 Å². The molecule has 0 saturated carbocycles. The smallest absolute Gasteiger partial charge is 0.365 e. The van der Waals surface area contributed by atoms with E-state index in [0.717, 1.165) is 34.1 Å². The summed E-state index contributed by atoms with van der Waals surface area (Å²) < 4.78 is 5.49. The first kappa shape index (κ1) is 13.8. The van der Waals surface area contributed by atoms with Gasteiger partial charge < -0.3 is 14.8 Å². The molecular formula is C13H16N2O3S. The van der Waals surface area contributed by atoms with Crippen LogP contribution in [-0.4, -0.2) is 16.1 Å². The van der Waals surface area contributed by atoms with Crippen LogP contribution in [0.3, 0.4) is 0 Å². The molecular weight excluding hydrogens is 264 g/mol. The number of aromatic nitrogens is 1. The van der Waals surface area contributed by atoms with E-state index in [1.54, 1.807) is 5.38 Å². The Kier molecular flexibility index (Phi) is 4.01. The van der Waals surface area contributed by atoms with Gasteiger partial charge in [-0.3, -0.25) is 0 Å². The lowest BCUT2D eigenvalue weighted by atomic mass is 10.1. The quantitative estimate of drug-likeness (QED) is 0.880. The number of aromatic carboxylic acids is 1. The molecule has 2 aromatic heterocycles. The van der Waals surface area contributed by atoms with Gasteiger partial charge in [0.15, 0.2) is 0 Å². The van der Waals surface area contributed by atoms with Crippen molar-refractivity contribution < 1.29 is 14.3 Å². The van der Waals surface area contributed by atoms with Crippen molar-refractivity contribution in [3.63, 3.8) is 0 Å². The summed E-state index contributed by atoms with van der Waals surface area (Å²) in [4.78, 5) is 14.8. The van der Waals surface area contributed by atoms with Gasteiger partial charge in [-0.1, -0.05) is 0 Å². The van der Waals surface area contributed by atoms with Crippen molar-refractivity contribution >= 4 is 17.3 Å². The Morgan fingerprint density at radius 1 is 1.58 bits per heavy atom. The highest BCUT2D eigenvalue weighted by Gasteiger charge is 2.13. The number of carboxylic acid groups (broad SMARTS) is 1. The largest absolute Gasteiger partial charge is 0.476 e. The molecule has 0 spiro atoms. The molecule has 1 atom stereocenters. The Morgan fingerprint density at radius 2 is 2.32 bits per heavy atom. The normalized spacial score (nSPS) is 12.6. The maximum Gasteiger partial charge on any atom is 0.365 e. The van der Waals surface area contributed by atoms with Crippen molar-refractivity contribution in [2.24, 2.45) is 0 Å². The highest BCUT2D eigenvalue weighted by molar-refractivity contribution is 7.11. The van der Waals surface area contributed by atoms with E-state index in [1.165, 1.54) is 0 Å². The Morgan fingerprint density at radius 3 is 2.84 bits per heavy atom. The third kappa shape index (κ3) is 3.21. The van der Waals surface area contributed by atoms with E-state index >= 15 is 0 Å². The van der Waals surface area contributed by atoms with Crippen LogP contribution in [0.15, 0.2) is 15.9 Å². The Bertz CT molecular complexity index is 588. The first-order valence-electron chi connectivity index (χ1n) is 5.95. The van der Waals surface area contributed by atoms with Gasteiger partial charge in [0, 0.05) is 23.5 Å². The fourth-order valence-electron chi connectivity index (χ4n) is 1.93. The van der Waals surface area contributed by atoms with Crippen LogP contribution >= 0.6 is 11.3 Å². The molecule has 2 N–H and O–H groups in total. The number of thiazole rings is 1. The number of furan rings is 1. The van der Waals surface area contributed by atoms with Crippen molar-refractivity contribution in [3.8, 4) is 0 Å². The molecule has 2 heterocycles. The number of nitrogens with one attached hydrogen (secondary N) is 1. The van der Waals surface area contributed by atoms with Crippen LogP contribution < -0.4 is 5.32 Å². The third-order valence-corrected chi connectivity index (χ3v) is 3.75. The lowest BCUT2D eigenvalue weighted by Crippen LogP contribution is -2.18. The summed E-state index contributed by atoms with van der Waals surface area (Å²) in [6, 6.07) is 2.14. The van der Waals surface area contributed by atoms with Crippen LogP contribution in [0.25, 0.3) is 0 Å². The summed E-state index contributed by atoms with van der Waals surface area (Å²) in [5, 5.41) is 14.0. The Balaban J connectivity index is 1.98. The second-order valence-electron chi connectivity index (χ2n) is 4.42. The number of carbonyl (C=O) groups is 1. The van der Waals surface area contributed by atoms with Gasteiger partial charge in [-0.15, -0.1) is 11.3 Å². The molecule has 0 saturated heterocycles. The fraction of sp³-hybridized carbons (Fsp3) is 0.385. The van der Waals surface area contributed by atoms with Crippen molar-refractivity contribution in [1.29, 1.82) is 0 Å². The zero-order valence-corrected chi connectivity index (χ0v) is 11.9. The summed E-state index contributed by atoms with van der Waals surface area (Å²) in [5.74, 6) is 0.815. The number of carboxylic acids is 1. The van der Waals surface area contributed by atoms with E-state index in [-0.39, 0.29) is 11.0 Å². The molecule has 2 rings (SSSR count). The maximum absolute atomic E-state index is 10.7. The van der Waals surface area contributed by atoms with Crippen molar-refractivity contribution in [3.05, 3.63) is 39.2 Å². The number of nitrogens with zero attached hydrogens (tertiary/aromatic N) is 1. The average Bonchev–Trinajstić information content (AvgIpc) is 2.93. The van der Waals surface area contributed by atoms with Crippen LogP contribution in [0.1, 0.15) is 45.5 Å². The molecule has 102 valence electrons. The molecule has 0 bridgehead atoms. The Labute approximate surface area is 115 Å². The van der Waals surface area contributed by atoms with Gasteiger partial charge in [0.25, 0.3) is 0 Å². The molecule has 0 radical (unpaired) electrons. The number of aryl methyl sites for hydroxylation is 2. The van der Waals surface area contributed by atoms with Crippen LogP contribution in [-0.2, 0) is 6.54 Å². The minimum atomic E-state index is -0.981.